The Bertz CT molecular complexity index is 994. The first-order chi connectivity index (χ1) is 17.0. The van der Waals surface area contributed by atoms with Crippen LogP contribution in [0.5, 0.6) is 0 Å². The fourth-order valence-corrected chi connectivity index (χ4v) is 4.75. The first kappa shape index (κ1) is 26.6. The molecule has 3 N–H and O–H groups in total. The predicted molar refractivity (Wildman–Crippen MR) is 138 cm³/mol. The minimum Gasteiger partial charge on any atom is -0.447 e. The van der Waals surface area contributed by atoms with Gasteiger partial charge in [-0.1, -0.05) is 37.5 Å². The molecule has 35 heavy (non-hydrogen) atoms. The first-order valence-electron chi connectivity index (χ1n) is 11.9. The van der Waals surface area contributed by atoms with E-state index in [9.17, 15) is 14.4 Å². The van der Waals surface area contributed by atoms with Crippen LogP contribution in [0.25, 0.3) is 0 Å². The number of methoxy groups -OCH3 is 1. The third-order valence-electron chi connectivity index (χ3n) is 5.69. The molecule has 0 radical (unpaired) electrons. The van der Waals surface area contributed by atoms with Crippen LogP contribution >= 0.6 is 11.8 Å². The van der Waals surface area contributed by atoms with Crippen molar-refractivity contribution in [2.75, 3.05) is 43.3 Å². The molecule has 0 aliphatic heterocycles. The molecule has 2 aromatic rings. The highest BCUT2D eigenvalue weighted by Crippen LogP contribution is 2.25. The minimum absolute atomic E-state index is 0.0213. The Balaban J connectivity index is 1.52. The molecule has 188 valence electrons. The van der Waals surface area contributed by atoms with Crippen LogP contribution in [0.4, 0.5) is 16.2 Å². The molecule has 2 aromatic carbocycles. The van der Waals surface area contributed by atoms with Gasteiger partial charge in [-0.3, -0.25) is 14.9 Å². The van der Waals surface area contributed by atoms with Crippen LogP contribution in [-0.2, 0) is 14.3 Å². The van der Waals surface area contributed by atoms with Gasteiger partial charge in [0.05, 0.1) is 17.9 Å². The Morgan fingerprint density at radius 3 is 2.46 bits per heavy atom. The summed E-state index contributed by atoms with van der Waals surface area (Å²) in [5, 5.41) is 8.51. The summed E-state index contributed by atoms with van der Waals surface area (Å²) < 4.78 is 9.84. The van der Waals surface area contributed by atoms with E-state index >= 15 is 0 Å². The number of anilines is 2. The van der Waals surface area contributed by atoms with Crippen LogP contribution in [0.1, 0.15) is 42.5 Å². The third-order valence-corrected chi connectivity index (χ3v) is 6.76. The number of hydrogen-bond acceptors (Lipinski definition) is 6. The number of amides is 3. The van der Waals surface area contributed by atoms with Crippen LogP contribution in [0, 0.1) is 5.92 Å². The van der Waals surface area contributed by atoms with Gasteiger partial charge < -0.3 is 20.1 Å². The summed E-state index contributed by atoms with van der Waals surface area (Å²) in [5.41, 5.74) is 1.49. The molecule has 1 fully saturated rings. The molecular formula is C26H33N3O5S. The zero-order valence-electron chi connectivity index (χ0n) is 20.0. The van der Waals surface area contributed by atoms with Gasteiger partial charge in [0.25, 0.3) is 5.91 Å². The molecule has 1 saturated carbocycles. The fraction of sp³-hybridized carbons (Fsp3) is 0.423. The van der Waals surface area contributed by atoms with Crippen LogP contribution in [0.3, 0.4) is 0 Å². The van der Waals surface area contributed by atoms with E-state index in [1.54, 1.807) is 36.4 Å². The maximum atomic E-state index is 13.0. The lowest BCUT2D eigenvalue weighted by Crippen LogP contribution is -2.31. The molecule has 0 bridgehead atoms. The smallest absolute Gasteiger partial charge is 0.411 e. The second-order valence-electron chi connectivity index (χ2n) is 8.38. The van der Waals surface area contributed by atoms with Crippen molar-refractivity contribution >= 4 is 41.0 Å². The number of benzene rings is 2. The number of rotatable bonds is 11. The largest absolute Gasteiger partial charge is 0.447 e. The number of carbonyl (C=O) groups excluding carboxylic acids is 3. The first-order valence-corrected chi connectivity index (χ1v) is 12.9. The molecule has 0 saturated heterocycles. The lowest BCUT2D eigenvalue weighted by atomic mass is 9.89. The summed E-state index contributed by atoms with van der Waals surface area (Å²) in [6, 6.07) is 14.0. The zero-order chi connectivity index (χ0) is 24.9. The van der Waals surface area contributed by atoms with Gasteiger partial charge in [0, 0.05) is 29.9 Å². The van der Waals surface area contributed by atoms with E-state index in [0.29, 0.717) is 29.5 Å². The Hall–Kier alpha value is -3.04. The van der Waals surface area contributed by atoms with Crippen molar-refractivity contribution in [1.29, 1.82) is 0 Å². The van der Waals surface area contributed by atoms with Gasteiger partial charge >= 0.3 is 6.09 Å². The Morgan fingerprint density at radius 1 is 0.943 bits per heavy atom. The molecule has 1 aliphatic rings. The number of ether oxygens (including phenoxy) is 2. The van der Waals surface area contributed by atoms with E-state index in [0.717, 1.165) is 11.4 Å². The average Bonchev–Trinajstić information content (AvgIpc) is 2.87. The van der Waals surface area contributed by atoms with Gasteiger partial charge in [-0.25, -0.2) is 4.79 Å². The molecule has 1 aliphatic carbocycles. The van der Waals surface area contributed by atoms with Crippen LogP contribution in [-0.4, -0.2) is 50.5 Å². The van der Waals surface area contributed by atoms with Gasteiger partial charge in [0.15, 0.2) is 0 Å². The second-order valence-corrected chi connectivity index (χ2v) is 9.40. The Morgan fingerprint density at radius 2 is 1.69 bits per heavy atom. The maximum Gasteiger partial charge on any atom is 0.411 e. The van der Waals surface area contributed by atoms with E-state index in [-0.39, 0.29) is 24.2 Å². The molecule has 0 atom stereocenters. The fourth-order valence-electron chi connectivity index (χ4n) is 3.87. The summed E-state index contributed by atoms with van der Waals surface area (Å²) >= 11 is 1.34. The summed E-state index contributed by atoms with van der Waals surface area (Å²) in [7, 11) is 1.52. The van der Waals surface area contributed by atoms with Crippen molar-refractivity contribution in [2.45, 2.75) is 37.0 Å². The Kier molecular flexibility index (Phi) is 10.9. The molecule has 0 heterocycles. The van der Waals surface area contributed by atoms with Gasteiger partial charge in [0.1, 0.15) is 6.61 Å². The van der Waals surface area contributed by atoms with Crippen LogP contribution < -0.4 is 16.0 Å². The summed E-state index contributed by atoms with van der Waals surface area (Å²) in [6.45, 7) is 1.18. The van der Waals surface area contributed by atoms with Crippen molar-refractivity contribution in [3.05, 3.63) is 54.1 Å². The van der Waals surface area contributed by atoms with Gasteiger partial charge in [-0.05, 0) is 49.1 Å². The van der Waals surface area contributed by atoms with Gasteiger partial charge in [0.2, 0.25) is 5.91 Å². The topological polar surface area (TPSA) is 106 Å². The van der Waals surface area contributed by atoms with Gasteiger partial charge in [-0.15, -0.1) is 11.8 Å². The molecule has 3 amide bonds. The SMILES string of the molecule is COCCOC(=O)Nc1cccc(NC(=O)c2ccccc2SCC(=O)NCC2CCCCC2)c1. The molecule has 0 aromatic heterocycles. The highest BCUT2D eigenvalue weighted by Gasteiger charge is 2.16. The van der Waals surface area contributed by atoms with Gasteiger partial charge in [-0.2, -0.15) is 0 Å². The summed E-state index contributed by atoms with van der Waals surface area (Å²) in [4.78, 5) is 37.9. The minimum atomic E-state index is -0.603. The number of carbonyl (C=O) groups is 3. The van der Waals surface area contributed by atoms with E-state index in [4.69, 9.17) is 9.47 Å². The summed E-state index contributed by atoms with van der Waals surface area (Å²) in [5.74, 6) is 0.512. The number of hydrogen-bond donors (Lipinski definition) is 3. The molecular weight excluding hydrogens is 466 g/mol. The van der Waals surface area contributed by atoms with E-state index in [1.165, 1.54) is 51.0 Å². The van der Waals surface area contributed by atoms with Crippen molar-refractivity contribution in [3.63, 3.8) is 0 Å². The third kappa shape index (κ3) is 9.26. The highest BCUT2D eigenvalue weighted by atomic mass is 32.2. The predicted octanol–water partition coefficient (Wildman–Crippen LogP) is 4.92. The normalized spacial score (nSPS) is 13.6. The zero-order valence-corrected chi connectivity index (χ0v) is 20.8. The summed E-state index contributed by atoms with van der Waals surface area (Å²) in [6.07, 6.45) is 5.55. The average molecular weight is 500 g/mol. The highest BCUT2D eigenvalue weighted by molar-refractivity contribution is 8.00. The maximum absolute atomic E-state index is 13.0. The molecule has 3 rings (SSSR count). The Labute approximate surface area is 210 Å². The lowest BCUT2D eigenvalue weighted by molar-refractivity contribution is -0.118. The van der Waals surface area contributed by atoms with E-state index < -0.39 is 6.09 Å². The van der Waals surface area contributed by atoms with Crippen molar-refractivity contribution in [1.82, 2.24) is 5.32 Å². The molecule has 0 unspecified atom stereocenters. The number of thioether (sulfide) groups is 1. The van der Waals surface area contributed by atoms with E-state index in [1.807, 2.05) is 12.1 Å². The van der Waals surface area contributed by atoms with Crippen molar-refractivity contribution < 1.29 is 23.9 Å². The molecule has 0 spiro atoms. The monoisotopic (exact) mass is 499 g/mol. The van der Waals surface area contributed by atoms with Crippen molar-refractivity contribution in [2.24, 2.45) is 5.92 Å². The van der Waals surface area contributed by atoms with E-state index in [2.05, 4.69) is 16.0 Å². The molecule has 9 heteroatoms. The quantitative estimate of drug-likeness (QED) is 0.299. The number of nitrogens with one attached hydrogen (secondary N) is 3. The van der Waals surface area contributed by atoms with Crippen LogP contribution in [0.15, 0.2) is 53.4 Å². The second kappa shape index (κ2) is 14.4. The standard InChI is InChI=1S/C26H33N3O5S/c1-33-14-15-34-26(32)29-21-11-7-10-20(16-21)28-25(31)22-12-5-6-13-23(22)35-18-24(30)27-17-19-8-3-2-4-9-19/h5-7,10-13,16,19H,2-4,8-9,14-15,17-18H2,1H3,(H,27,30)(H,28,31)(H,29,32). The molecule has 8 nitrogen and oxygen atoms in total. The van der Waals surface area contributed by atoms with Crippen molar-refractivity contribution in [3.8, 4) is 0 Å². The van der Waals surface area contributed by atoms with Crippen LogP contribution in [0.2, 0.25) is 0 Å². The lowest BCUT2D eigenvalue weighted by Gasteiger charge is -2.21.